The zero-order chi connectivity index (χ0) is 15.7. The largest absolute Gasteiger partial charge is 0.481 e. The molecule has 1 aromatic carbocycles. The van der Waals surface area contributed by atoms with Crippen LogP contribution in [-0.2, 0) is 9.59 Å². The molecule has 3 atom stereocenters. The fourth-order valence-electron chi connectivity index (χ4n) is 3.80. The highest BCUT2D eigenvalue weighted by atomic mass is 79.9. The van der Waals surface area contributed by atoms with Gasteiger partial charge in [0.15, 0.2) is 0 Å². The molecular formula is C17H20BrNO3. The number of rotatable bonds is 5. The lowest BCUT2D eigenvalue weighted by Crippen LogP contribution is -2.32. The van der Waals surface area contributed by atoms with E-state index in [0.29, 0.717) is 11.8 Å². The third kappa shape index (κ3) is 3.35. The van der Waals surface area contributed by atoms with Crippen molar-refractivity contribution in [1.82, 2.24) is 5.32 Å². The van der Waals surface area contributed by atoms with Gasteiger partial charge in [-0.1, -0.05) is 40.9 Å². The van der Waals surface area contributed by atoms with Crippen molar-refractivity contribution in [2.75, 3.05) is 0 Å². The summed E-state index contributed by atoms with van der Waals surface area (Å²) in [5, 5.41) is 12.1. The fraction of sp³-hybridized carbons (Fsp3) is 0.529. The number of benzene rings is 1. The molecule has 118 valence electrons. The van der Waals surface area contributed by atoms with Gasteiger partial charge in [-0.3, -0.25) is 9.59 Å². The molecule has 2 fully saturated rings. The van der Waals surface area contributed by atoms with E-state index in [1.54, 1.807) is 0 Å². The number of nitrogens with one attached hydrogen (secondary N) is 1. The van der Waals surface area contributed by atoms with Gasteiger partial charge in [0.1, 0.15) is 0 Å². The smallest absolute Gasteiger partial charge is 0.305 e. The Balaban J connectivity index is 1.70. The first-order valence-corrected chi connectivity index (χ1v) is 8.63. The summed E-state index contributed by atoms with van der Waals surface area (Å²) < 4.78 is 0.884. The molecule has 4 nitrogen and oxygen atoms in total. The molecule has 2 saturated carbocycles. The number of amides is 1. The van der Waals surface area contributed by atoms with E-state index in [1.165, 1.54) is 12.8 Å². The molecule has 22 heavy (non-hydrogen) atoms. The van der Waals surface area contributed by atoms with Crippen LogP contribution < -0.4 is 5.32 Å². The molecule has 5 heteroatoms. The molecular weight excluding hydrogens is 346 g/mol. The topological polar surface area (TPSA) is 66.4 Å². The normalized spacial score (nSPS) is 27.6. The second-order valence-corrected chi connectivity index (χ2v) is 7.27. The number of hydrogen-bond acceptors (Lipinski definition) is 2. The lowest BCUT2D eigenvalue weighted by molar-refractivity contribution is -0.137. The molecule has 3 unspecified atom stereocenters. The molecule has 0 heterocycles. The van der Waals surface area contributed by atoms with E-state index >= 15 is 0 Å². The van der Waals surface area contributed by atoms with Crippen LogP contribution in [0, 0.1) is 17.8 Å². The van der Waals surface area contributed by atoms with Crippen molar-refractivity contribution in [3.63, 3.8) is 0 Å². The Kier molecular flexibility index (Phi) is 4.52. The molecule has 2 aliphatic carbocycles. The van der Waals surface area contributed by atoms with Crippen molar-refractivity contribution in [2.24, 2.45) is 17.8 Å². The van der Waals surface area contributed by atoms with Crippen LogP contribution in [0.25, 0.3) is 0 Å². The molecule has 3 rings (SSSR count). The van der Waals surface area contributed by atoms with Crippen LogP contribution in [0.2, 0.25) is 0 Å². The molecule has 1 amide bonds. The number of hydrogen-bond donors (Lipinski definition) is 2. The quantitative estimate of drug-likeness (QED) is 0.838. The summed E-state index contributed by atoms with van der Waals surface area (Å²) >= 11 is 3.39. The minimum atomic E-state index is -0.904. The molecule has 2 aliphatic rings. The van der Waals surface area contributed by atoms with E-state index in [2.05, 4.69) is 21.2 Å². The number of halogens is 1. The van der Waals surface area contributed by atoms with E-state index in [9.17, 15) is 9.59 Å². The van der Waals surface area contributed by atoms with Crippen molar-refractivity contribution >= 4 is 27.8 Å². The van der Waals surface area contributed by atoms with Gasteiger partial charge in [0.2, 0.25) is 5.91 Å². The first kappa shape index (κ1) is 15.5. The van der Waals surface area contributed by atoms with Crippen LogP contribution in [0.1, 0.15) is 43.7 Å². The predicted molar refractivity (Wildman–Crippen MR) is 86.2 cm³/mol. The van der Waals surface area contributed by atoms with Gasteiger partial charge in [0.25, 0.3) is 0 Å². The van der Waals surface area contributed by atoms with Gasteiger partial charge in [-0.2, -0.15) is 0 Å². The SMILES string of the molecule is O=C(O)CC(NC(=O)C1C2CCCCC21)c1cccc(Br)c1. The van der Waals surface area contributed by atoms with E-state index < -0.39 is 12.0 Å². The van der Waals surface area contributed by atoms with Crippen molar-refractivity contribution in [2.45, 2.75) is 38.1 Å². The maximum Gasteiger partial charge on any atom is 0.305 e. The molecule has 0 aliphatic heterocycles. The van der Waals surface area contributed by atoms with Crippen molar-refractivity contribution in [1.29, 1.82) is 0 Å². The number of aliphatic carboxylic acids is 1. The Morgan fingerprint density at radius 3 is 2.55 bits per heavy atom. The summed E-state index contributed by atoms with van der Waals surface area (Å²) in [5.41, 5.74) is 0.828. The van der Waals surface area contributed by atoms with Gasteiger partial charge in [-0.15, -0.1) is 0 Å². The minimum absolute atomic E-state index is 0.0307. The Morgan fingerprint density at radius 1 is 1.27 bits per heavy atom. The zero-order valence-corrected chi connectivity index (χ0v) is 13.9. The van der Waals surface area contributed by atoms with Gasteiger partial charge in [0.05, 0.1) is 12.5 Å². The van der Waals surface area contributed by atoms with Crippen LogP contribution in [-0.4, -0.2) is 17.0 Å². The first-order valence-electron chi connectivity index (χ1n) is 7.84. The van der Waals surface area contributed by atoms with E-state index in [4.69, 9.17) is 5.11 Å². The Labute approximate surface area is 138 Å². The van der Waals surface area contributed by atoms with Gasteiger partial charge in [0, 0.05) is 10.4 Å². The molecule has 0 bridgehead atoms. The summed E-state index contributed by atoms with van der Waals surface area (Å²) in [6.45, 7) is 0. The molecule has 2 N–H and O–H groups in total. The standard InChI is InChI=1S/C17H20BrNO3/c18-11-5-3-4-10(8-11)14(9-15(20)21)19-17(22)16-12-6-1-2-7-13(12)16/h3-5,8,12-14,16H,1-2,6-7,9H2,(H,19,22)(H,20,21). The van der Waals surface area contributed by atoms with E-state index in [-0.39, 0.29) is 18.2 Å². The Morgan fingerprint density at radius 2 is 1.95 bits per heavy atom. The van der Waals surface area contributed by atoms with Crippen LogP contribution in [0.5, 0.6) is 0 Å². The van der Waals surface area contributed by atoms with Crippen LogP contribution in [0.3, 0.4) is 0 Å². The van der Waals surface area contributed by atoms with Crippen molar-refractivity contribution in [3.8, 4) is 0 Å². The third-order valence-electron chi connectivity index (χ3n) is 4.91. The van der Waals surface area contributed by atoms with E-state index in [1.807, 2.05) is 24.3 Å². The van der Waals surface area contributed by atoms with Crippen LogP contribution in [0.15, 0.2) is 28.7 Å². The second-order valence-electron chi connectivity index (χ2n) is 6.35. The summed E-state index contributed by atoms with van der Waals surface area (Å²) in [6, 6.07) is 7.01. The highest BCUT2D eigenvalue weighted by Crippen LogP contribution is 2.55. The Hall–Kier alpha value is -1.36. The monoisotopic (exact) mass is 365 g/mol. The highest BCUT2D eigenvalue weighted by molar-refractivity contribution is 9.10. The van der Waals surface area contributed by atoms with Crippen molar-refractivity contribution in [3.05, 3.63) is 34.3 Å². The first-order chi connectivity index (χ1) is 10.6. The number of carbonyl (C=O) groups excluding carboxylic acids is 1. The number of carboxylic acids is 1. The summed E-state index contributed by atoms with van der Waals surface area (Å²) in [5.74, 6) is 0.288. The van der Waals surface area contributed by atoms with Gasteiger partial charge >= 0.3 is 5.97 Å². The minimum Gasteiger partial charge on any atom is -0.481 e. The summed E-state index contributed by atoms with van der Waals surface area (Å²) in [4.78, 5) is 23.6. The average molecular weight is 366 g/mol. The van der Waals surface area contributed by atoms with Gasteiger partial charge in [-0.25, -0.2) is 0 Å². The molecule has 0 aromatic heterocycles. The average Bonchev–Trinajstić information content (AvgIpc) is 3.20. The third-order valence-corrected chi connectivity index (χ3v) is 5.40. The lowest BCUT2D eigenvalue weighted by atomic mass is 10.0. The fourth-order valence-corrected chi connectivity index (χ4v) is 4.22. The highest BCUT2D eigenvalue weighted by Gasteiger charge is 2.54. The molecule has 0 saturated heterocycles. The molecule has 0 radical (unpaired) electrons. The van der Waals surface area contributed by atoms with E-state index in [0.717, 1.165) is 22.9 Å². The zero-order valence-electron chi connectivity index (χ0n) is 12.3. The van der Waals surface area contributed by atoms with Crippen LogP contribution in [0.4, 0.5) is 0 Å². The van der Waals surface area contributed by atoms with Gasteiger partial charge in [-0.05, 0) is 42.4 Å². The number of carbonyl (C=O) groups is 2. The summed E-state index contributed by atoms with van der Waals surface area (Å²) in [6.07, 6.45) is 4.63. The number of fused-ring (bicyclic) bond motifs is 1. The van der Waals surface area contributed by atoms with Gasteiger partial charge < -0.3 is 10.4 Å². The molecule has 1 aromatic rings. The lowest BCUT2D eigenvalue weighted by Gasteiger charge is -2.18. The predicted octanol–water partition coefficient (Wildman–Crippen LogP) is 3.52. The van der Waals surface area contributed by atoms with Crippen molar-refractivity contribution < 1.29 is 14.7 Å². The Bertz CT molecular complexity index is 577. The maximum atomic E-state index is 12.5. The summed E-state index contributed by atoms with van der Waals surface area (Å²) in [7, 11) is 0. The molecule has 0 spiro atoms. The maximum absolute atomic E-state index is 12.5. The second kappa shape index (κ2) is 6.41. The van der Waals surface area contributed by atoms with Crippen LogP contribution >= 0.6 is 15.9 Å². The number of carboxylic acid groups (broad SMARTS) is 1.